The molecular weight excluding hydrogens is 216 g/mol. The Hall–Kier alpha value is -0.410. The van der Waals surface area contributed by atoms with Crippen LogP contribution in [-0.2, 0) is 0 Å². The molecule has 16 heavy (non-hydrogen) atoms. The average Bonchev–Trinajstić information content (AvgIpc) is 2.94. The Bertz CT molecular complexity index is 315. The molecule has 2 rings (SSSR count). The quantitative estimate of drug-likeness (QED) is 0.842. The van der Waals surface area contributed by atoms with Crippen molar-refractivity contribution in [1.82, 2.24) is 4.98 Å². The first-order chi connectivity index (χ1) is 7.81. The van der Waals surface area contributed by atoms with Crippen molar-refractivity contribution in [1.29, 1.82) is 0 Å². The molecule has 0 radical (unpaired) electrons. The molecule has 90 valence electrons. The fourth-order valence-corrected chi connectivity index (χ4v) is 3.46. The zero-order chi connectivity index (χ0) is 11.4. The Morgan fingerprint density at radius 3 is 2.94 bits per heavy atom. The van der Waals surface area contributed by atoms with Gasteiger partial charge in [-0.15, -0.1) is 11.3 Å². The van der Waals surface area contributed by atoms with Gasteiger partial charge in [0.25, 0.3) is 0 Å². The van der Waals surface area contributed by atoms with Crippen molar-refractivity contribution in [3.63, 3.8) is 0 Å². The lowest BCUT2D eigenvalue weighted by molar-refractivity contribution is 0.588. The van der Waals surface area contributed by atoms with E-state index in [0.29, 0.717) is 0 Å². The second kappa shape index (κ2) is 5.78. The molecule has 1 unspecified atom stereocenters. The van der Waals surface area contributed by atoms with E-state index < -0.39 is 0 Å². The second-order valence-corrected chi connectivity index (χ2v) is 5.73. The van der Waals surface area contributed by atoms with Crippen molar-refractivity contribution in [2.24, 2.45) is 5.73 Å². The molecule has 1 aromatic rings. The summed E-state index contributed by atoms with van der Waals surface area (Å²) >= 11 is 1.82. The molecule has 0 aliphatic heterocycles. The van der Waals surface area contributed by atoms with E-state index in [4.69, 9.17) is 10.7 Å². The minimum atomic E-state index is 0.159. The third-order valence-electron chi connectivity index (χ3n) is 3.49. The summed E-state index contributed by atoms with van der Waals surface area (Å²) in [6, 6.07) is 0.159. The predicted molar refractivity (Wildman–Crippen MR) is 69.8 cm³/mol. The van der Waals surface area contributed by atoms with Gasteiger partial charge in [-0.3, -0.25) is 0 Å². The summed E-state index contributed by atoms with van der Waals surface area (Å²) in [6.45, 7) is 2.21. The van der Waals surface area contributed by atoms with E-state index in [1.807, 2.05) is 11.3 Å². The molecule has 1 atom stereocenters. The van der Waals surface area contributed by atoms with Gasteiger partial charge in [0.1, 0.15) is 0 Å². The van der Waals surface area contributed by atoms with E-state index in [0.717, 1.165) is 18.0 Å². The molecule has 1 heterocycles. The maximum Gasteiger partial charge on any atom is 0.0959 e. The highest BCUT2D eigenvalue weighted by molar-refractivity contribution is 7.09. The standard InChI is InChI=1S/C13H22N2S/c1-2-3-8-11(14)12-9-16-13(15-12)10-6-4-5-7-10/h9-11H,2-8,14H2,1H3. The molecule has 1 aliphatic carbocycles. The van der Waals surface area contributed by atoms with Crippen LogP contribution in [0.25, 0.3) is 0 Å². The summed E-state index contributed by atoms with van der Waals surface area (Å²) in [4.78, 5) is 4.74. The maximum atomic E-state index is 6.14. The largest absolute Gasteiger partial charge is 0.323 e. The van der Waals surface area contributed by atoms with Crippen molar-refractivity contribution in [2.45, 2.75) is 63.8 Å². The molecule has 0 spiro atoms. The van der Waals surface area contributed by atoms with Crippen LogP contribution in [0.2, 0.25) is 0 Å². The summed E-state index contributed by atoms with van der Waals surface area (Å²) in [6.07, 6.45) is 8.91. The highest BCUT2D eigenvalue weighted by Gasteiger charge is 2.21. The molecule has 0 amide bonds. The Balaban J connectivity index is 1.95. The zero-order valence-corrected chi connectivity index (χ0v) is 10.9. The van der Waals surface area contributed by atoms with Crippen molar-refractivity contribution < 1.29 is 0 Å². The number of nitrogens with zero attached hydrogens (tertiary/aromatic N) is 1. The van der Waals surface area contributed by atoms with Gasteiger partial charge in [0.2, 0.25) is 0 Å². The highest BCUT2D eigenvalue weighted by atomic mass is 32.1. The maximum absolute atomic E-state index is 6.14. The minimum Gasteiger partial charge on any atom is -0.323 e. The van der Waals surface area contributed by atoms with E-state index in [-0.39, 0.29) is 6.04 Å². The Morgan fingerprint density at radius 2 is 2.25 bits per heavy atom. The van der Waals surface area contributed by atoms with Gasteiger partial charge in [-0.2, -0.15) is 0 Å². The highest BCUT2D eigenvalue weighted by Crippen LogP contribution is 2.36. The lowest BCUT2D eigenvalue weighted by Gasteiger charge is -2.08. The summed E-state index contributed by atoms with van der Waals surface area (Å²) in [7, 11) is 0. The fraction of sp³-hybridized carbons (Fsp3) is 0.769. The second-order valence-electron chi connectivity index (χ2n) is 4.84. The topological polar surface area (TPSA) is 38.9 Å². The summed E-state index contributed by atoms with van der Waals surface area (Å²) in [5.41, 5.74) is 7.26. The predicted octanol–water partition coefficient (Wildman–Crippen LogP) is 3.99. The van der Waals surface area contributed by atoms with E-state index in [2.05, 4.69) is 12.3 Å². The lowest BCUT2D eigenvalue weighted by atomic mass is 10.1. The SMILES string of the molecule is CCCCC(N)c1csc(C2CCCC2)n1. The molecule has 0 aromatic carbocycles. The van der Waals surface area contributed by atoms with Gasteiger partial charge in [0.05, 0.1) is 10.7 Å². The van der Waals surface area contributed by atoms with Crippen molar-refractivity contribution in [3.8, 4) is 0 Å². The number of unbranched alkanes of at least 4 members (excludes halogenated alkanes) is 1. The molecule has 2 nitrogen and oxygen atoms in total. The van der Waals surface area contributed by atoms with Crippen molar-refractivity contribution >= 4 is 11.3 Å². The van der Waals surface area contributed by atoms with Crippen LogP contribution in [0.5, 0.6) is 0 Å². The Morgan fingerprint density at radius 1 is 1.50 bits per heavy atom. The summed E-state index contributed by atoms with van der Waals surface area (Å²) in [5, 5.41) is 3.51. The van der Waals surface area contributed by atoms with E-state index >= 15 is 0 Å². The normalized spacial score (nSPS) is 19.1. The van der Waals surface area contributed by atoms with Gasteiger partial charge >= 0.3 is 0 Å². The van der Waals surface area contributed by atoms with Crippen LogP contribution in [-0.4, -0.2) is 4.98 Å². The first kappa shape index (κ1) is 12.1. The lowest BCUT2D eigenvalue weighted by Crippen LogP contribution is -2.10. The molecular formula is C13H22N2S. The smallest absolute Gasteiger partial charge is 0.0959 e. The van der Waals surface area contributed by atoms with Gasteiger partial charge in [-0.25, -0.2) is 4.98 Å². The van der Waals surface area contributed by atoms with Crippen LogP contribution in [0, 0.1) is 0 Å². The van der Waals surface area contributed by atoms with E-state index in [1.165, 1.54) is 43.5 Å². The number of nitrogens with two attached hydrogens (primary N) is 1. The molecule has 3 heteroatoms. The summed E-state index contributed by atoms with van der Waals surface area (Å²) < 4.78 is 0. The van der Waals surface area contributed by atoms with Crippen LogP contribution in [0.4, 0.5) is 0 Å². The molecule has 2 N–H and O–H groups in total. The van der Waals surface area contributed by atoms with Gasteiger partial charge in [-0.1, -0.05) is 32.6 Å². The first-order valence-corrected chi connectivity index (χ1v) is 7.40. The van der Waals surface area contributed by atoms with Crippen LogP contribution in [0.15, 0.2) is 5.38 Å². The molecule has 1 fully saturated rings. The van der Waals surface area contributed by atoms with E-state index in [1.54, 1.807) is 0 Å². The van der Waals surface area contributed by atoms with Crippen LogP contribution in [0.3, 0.4) is 0 Å². The van der Waals surface area contributed by atoms with Crippen molar-refractivity contribution in [2.75, 3.05) is 0 Å². The molecule has 0 saturated heterocycles. The monoisotopic (exact) mass is 238 g/mol. The van der Waals surface area contributed by atoms with Crippen LogP contribution >= 0.6 is 11.3 Å². The summed E-state index contributed by atoms with van der Waals surface area (Å²) in [5.74, 6) is 0.733. The number of aromatic nitrogens is 1. The third-order valence-corrected chi connectivity index (χ3v) is 4.52. The van der Waals surface area contributed by atoms with Crippen LogP contribution in [0.1, 0.15) is 74.5 Å². The van der Waals surface area contributed by atoms with Crippen molar-refractivity contribution in [3.05, 3.63) is 16.1 Å². The van der Waals surface area contributed by atoms with Gasteiger partial charge in [0.15, 0.2) is 0 Å². The first-order valence-electron chi connectivity index (χ1n) is 6.52. The fourth-order valence-electron chi connectivity index (χ4n) is 2.40. The molecule has 1 aromatic heterocycles. The van der Waals surface area contributed by atoms with Gasteiger partial charge in [-0.05, 0) is 19.3 Å². The average molecular weight is 238 g/mol. The molecule has 1 saturated carbocycles. The number of thiazole rings is 1. The Kier molecular flexibility index (Phi) is 4.36. The Labute approximate surface area is 102 Å². The minimum absolute atomic E-state index is 0.159. The molecule has 1 aliphatic rings. The van der Waals surface area contributed by atoms with Gasteiger partial charge < -0.3 is 5.73 Å². The number of rotatable bonds is 5. The third kappa shape index (κ3) is 2.83. The van der Waals surface area contributed by atoms with Gasteiger partial charge in [0, 0.05) is 17.3 Å². The van der Waals surface area contributed by atoms with E-state index in [9.17, 15) is 0 Å². The number of hydrogen-bond acceptors (Lipinski definition) is 3. The molecule has 0 bridgehead atoms. The van der Waals surface area contributed by atoms with Crippen LogP contribution < -0.4 is 5.73 Å². The number of hydrogen-bond donors (Lipinski definition) is 1. The zero-order valence-electron chi connectivity index (χ0n) is 10.1.